The fourth-order valence-corrected chi connectivity index (χ4v) is 2.77. The fraction of sp³-hybridized carbons (Fsp3) is 0.818. The number of ether oxygens (including phenoxy) is 1. The Morgan fingerprint density at radius 3 is 2.80 bits per heavy atom. The van der Waals surface area contributed by atoms with Crippen molar-refractivity contribution in [2.24, 2.45) is 5.41 Å². The number of carbonyl (C=O) groups is 2. The van der Waals surface area contributed by atoms with E-state index in [0.717, 1.165) is 19.3 Å². The third kappa shape index (κ3) is 2.60. The van der Waals surface area contributed by atoms with Crippen molar-refractivity contribution in [2.45, 2.75) is 39.0 Å². The monoisotopic (exact) mass is 276 g/mol. The van der Waals surface area contributed by atoms with Gasteiger partial charge in [0.1, 0.15) is 5.41 Å². The van der Waals surface area contributed by atoms with E-state index in [0.29, 0.717) is 24.8 Å². The van der Waals surface area contributed by atoms with Gasteiger partial charge >= 0.3 is 5.97 Å². The number of alkyl halides is 1. The van der Waals surface area contributed by atoms with Gasteiger partial charge in [-0.3, -0.25) is 9.59 Å². The molecule has 0 N–H and O–H groups in total. The Hall–Kier alpha value is -0.380. The molecule has 0 aromatic carbocycles. The maximum absolute atomic E-state index is 12.0. The highest BCUT2D eigenvalue weighted by atomic mass is 79.9. The lowest BCUT2D eigenvalue weighted by atomic mass is 9.81. The molecule has 15 heavy (non-hydrogen) atoms. The molecule has 0 spiro atoms. The van der Waals surface area contributed by atoms with Crippen molar-refractivity contribution in [2.75, 3.05) is 11.9 Å². The average molecular weight is 277 g/mol. The molecule has 1 aliphatic carbocycles. The van der Waals surface area contributed by atoms with Gasteiger partial charge in [0.15, 0.2) is 5.78 Å². The molecule has 0 aliphatic heterocycles. The number of ketones is 1. The van der Waals surface area contributed by atoms with Crippen LogP contribution in [0.15, 0.2) is 0 Å². The summed E-state index contributed by atoms with van der Waals surface area (Å²) < 4.78 is 5.01. The lowest BCUT2D eigenvalue weighted by Crippen LogP contribution is -2.41. The maximum atomic E-state index is 12.0. The Morgan fingerprint density at radius 2 is 2.20 bits per heavy atom. The minimum absolute atomic E-state index is 0.0373. The largest absolute Gasteiger partial charge is 0.465 e. The quantitative estimate of drug-likeness (QED) is 0.344. The zero-order chi connectivity index (χ0) is 11.3. The lowest BCUT2D eigenvalue weighted by molar-refractivity contribution is -0.158. The van der Waals surface area contributed by atoms with Gasteiger partial charge < -0.3 is 4.74 Å². The minimum atomic E-state index is -0.910. The van der Waals surface area contributed by atoms with E-state index >= 15 is 0 Å². The van der Waals surface area contributed by atoms with E-state index in [1.165, 1.54) is 0 Å². The van der Waals surface area contributed by atoms with Crippen LogP contribution in [0.25, 0.3) is 0 Å². The van der Waals surface area contributed by atoms with Crippen molar-refractivity contribution in [3.8, 4) is 0 Å². The summed E-state index contributed by atoms with van der Waals surface area (Å²) in [5.41, 5.74) is -0.910. The topological polar surface area (TPSA) is 43.4 Å². The Bertz CT molecular complexity index is 252. The molecule has 86 valence electrons. The van der Waals surface area contributed by atoms with Crippen molar-refractivity contribution < 1.29 is 14.3 Å². The zero-order valence-corrected chi connectivity index (χ0v) is 10.6. The second-order valence-electron chi connectivity index (χ2n) is 3.92. The molecule has 0 saturated heterocycles. The van der Waals surface area contributed by atoms with Crippen molar-refractivity contribution >= 4 is 27.7 Å². The molecule has 0 aromatic rings. The van der Waals surface area contributed by atoms with Gasteiger partial charge in [-0.2, -0.15) is 0 Å². The summed E-state index contributed by atoms with van der Waals surface area (Å²) in [6.07, 6.45) is 3.98. The number of rotatable bonds is 3. The first-order valence-electron chi connectivity index (χ1n) is 5.44. The number of hydrogen-bond donors (Lipinski definition) is 0. The summed E-state index contributed by atoms with van der Waals surface area (Å²) in [6, 6.07) is 0. The highest BCUT2D eigenvalue weighted by Gasteiger charge is 2.45. The molecule has 4 heteroatoms. The van der Waals surface area contributed by atoms with Crippen LogP contribution in [0.4, 0.5) is 0 Å². The molecule has 1 aliphatic rings. The number of esters is 1. The van der Waals surface area contributed by atoms with Gasteiger partial charge in [0, 0.05) is 11.8 Å². The average Bonchev–Trinajstić information content (AvgIpc) is 2.41. The molecule has 1 unspecified atom stereocenters. The Labute approximate surface area is 98.7 Å². The van der Waals surface area contributed by atoms with E-state index in [1.807, 2.05) is 0 Å². The van der Waals surface area contributed by atoms with Gasteiger partial charge in [0.25, 0.3) is 0 Å². The van der Waals surface area contributed by atoms with Crippen LogP contribution in [0.2, 0.25) is 0 Å². The molecule has 0 bridgehead atoms. The van der Waals surface area contributed by atoms with Gasteiger partial charge in [0.05, 0.1) is 6.61 Å². The standard InChI is InChI=1S/C11H17BrO3/c1-2-15-10(14)11(8-12)7-5-3-4-6-9(11)13/h2-8H2,1H3. The summed E-state index contributed by atoms with van der Waals surface area (Å²) in [5.74, 6) is -0.316. The van der Waals surface area contributed by atoms with Crippen LogP contribution in [-0.4, -0.2) is 23.7 Å². The van der Waals surface area contributed by atoms with Crippen molar-refractivity contribution in [3.05, 3.63) is 0 Å². The van der Waals surface area contributed by atoms with E-state index in [4.69, 9.17) is 4.74 Å². The first kappa shape index (κ1) is 12.7. The van der Waals surface area contributed by atoms with Crippen LogP contribution in [-0.2, 0) is 14.3 Å². The molecule has 0 heterocycles. The van der Waals surface area contributed by atoms with Crippen LogP contribution in [0, 0.1) is 5.41 Å². The smallest absolute Gasteiger partial charge is 0.320 e. The maximum Gasteiger partial charge on any atom is 0.320 e. The molecule has 0 aromatic heterocycles. The molecule has 1 fully saturated rings. The van der Waals surface area contributed by atoms with Crippen LogP contribution in [0.3, 0.4) is 0 Å². The molecule has 3 nitrogen and oxygen atoms in total. The van der Waals surface area contributed by atoms with E-state index in [2.05, 4.69) is 15.9 Å². The summed E-state index contributed by atoms with van der Waals surface area (Å²) in [7, 11) is 0. The van der Waals surface area contributed by atoms with Gasteiger partial charge in [-0.1, -0.05) is 28.8 Å². The molecule has 1 rings (SSSR count). The zero-order valence-electron chi connectivity index (χ0n) is 9.05. The Balaban J connectivity index is 2.87. The van der Waals surface area contributed by atoms with Gasteiger partial charge in [-0.15, -0.1) is 0 Å². The third-order valence-corrected chi connectivity index (χ3v) is 3.89. The van der Waals surface area contributed by atoms with E-state index in [1.54, 1.807) is 6.92 Å². The number of hydrogen-bond acceptors (Lipinski definition) is 3. The van der Waals surface area contributed by atoms with Crippen LogP contribution < -0.4 is 0 Å². The highest BCUT2D eigenvalue weighted by molar-refractivity contribution is 9.09. The van der Waals surface area contributed by atoms with Crippen LogP contribution >= 0.6 is 15.9 Å². The number of carbonyl (C=O) groups excluding carboxylic acids is 2. The van der Waals surface area contributed by atoms with Gasteiger partial charge in [-0.05, 0) is 19.8 Å². The van der Waals surface area contributed by atoms with Crippen molar-refractivity contribution in [1.29, 1.82) is 0 Å². The molecule has 0 amide bonds. The van der Waals surface area contributed by atoms with Crippen molar-refractivity contribution in [1.82, 2.24) is 0 Å². The normalized spacial score (nSPS) is 27.2. The molecular formula is C11H17BrO3. The summed E-state index contributed by atoms with van der Waals surface area (Å²) in [6.45, 7) is 2.10. The predicted molar refractivity (Wildman–Crippen MR) is 61.0 cm³/mol. The van der Waals surface area contributed by atoms with Crippen LogP contribution in [0.1, 0.15) is 39.0 Å². The molecule has 1 atom stereocenters. The fourth-order valence-electron chi connectivity index (χ4n) is 1.95. The predicted octanol–water partition coefficient (Wildman–Crippen LogP) is 2.46. The Kier molecular flexibility index (Phi) is 4.77. The van der Waals surface area contributed by atoms with E-state index in [9.17, 15) is 9.59 Å². The second kappa shape index (κ2) is 5.64. The van der Waals surface area contributed by atoms with Gasteiger partial charge in [-0.25, -0.2) is 0 Å². The first-order chi connectivity index (χ1) is 7.17. The summed E-state index contributed by atoms with van der Waals surface area (Å²) in [4.78, 5) is 23.8. The summed E-state index contributed by atoms with van der Waals surface area (Å²) >= 11 is 3.29. The SMILES string of the molecule is CCOC(=O)C1(CBr)CCCCCC1=O. The third-order valence-electron chi connectivity index (χ3n) is 2.94. The molecular weight excluding hydrogens is 260 g/mol. The highest BCUT2D eigenvalue weighted by Crippen LogP contribution is 2.35. The van der Waals surface area contributed by atoms with Gasteiger partial charge in [0.2, 0.25) is 0 Å². The Morgan fingerprint density at radius 1 is 1.47 bits per heavy atom. The summed E-state index contributed by atoms with van der Waals surface area (Å²) in [5, 5.41) is 0.387. The number of halogens is 1. The molecule has 1 saturated carbocycles. The second-order valence-corrected chi connectivity index (χ2v) is 4.48. The first-order valence-corrected chi connectivity index (χ1v) is 6.56. The lowest BCUT2D eigenvalue weighted by Gasteiger charge is -2.26. The van der Waals surface area contributed by atoms with Crippen LogP contribution in [0.5, 0.6) is 0 Å². The van der Waals surface area contributed by atoms with Crippen molar-refractivity contribution in [3.63, 3.8) is 0 Å². The minimum Gasteiger partial charge on any atom is -0.465 e. The molecule has 0 radical (unpaired) electrons. The van der Waals surface area contributed by atoms with E-state index in [-0.39, 0.29) is 11.8 Å². The van der Waals surface area contributed by atoms with E-state index < -0.39 is 5.41 Å². The number of Topliss-reactive ketones (excluding diaryl/α,β-unsaturated/α-hetero) is 1.